The molecule has 0 heterocycles. The molecular formula is C15H23FN2O2. The average Bonchev–Trinajstić information content (AvgIpc) is 2.42. The highest BCUT2D eigenvalue weighted by Gasteiger charge is 2.31. The molecule has 0 radical (unpaired) electrons. The summed E-state index contributed by atoms with van der Waals surface area (Å²) in [6.45, 7) is 2.53. The Balaban J connectivity index is 2.03. The SMILES string of the molecule is COc1cc(NCC2(O)CCC(C)CC2)c(F)cc1N. The van der Waals surface area contributed by atoms with Gasteiger partial charge in [-0.1, -0.05) is 6.92 Å². The molecule has 1 aliphatic rings. The minimum absolute atomic E-state index is 0.265. The van der Waals surface area contributed by atoms with Gasteiger partial charge in [-0.3, -0.25) is 0 Å². The van der Waals surface area contributed by atoms with Gasteiger partial charge in [0.15, 0.2) is 0 Å². The van der Waals surface area contributed by atoms with Gasteiger partial charge in [0.1, 0.15) is 11.6 Å². The Bertz CT molecular complexity index is 471. The Labute approximate surface area is 119 Å². The lowest BCUT2D eigenvalue weighted by Crippen LogP contribution is -2.40. The van der Waals surface area contributed by atoms with Crippen LogP contribution in [-0.2, 0) is 0 Å². The van der Waals surface area contributed by atoms with Crippen LogP contribution in [0.5, 0.6) is 5.75 Å². The molecule has 2 rings (SSSR count). The highest BCUT2D eigenvalue weighted by molar-refractivity contribution is 5.62. The monoisotopic (exact) mass is 282 g/mol. The average molecular weight is 282 g/mol. The molecule has 0 atom stereocenters. The molecule has 1 fully saturated rings. The van der Waals surface area contributed by atoms with Crippen LogP contribution in [0.15, 0.2) is 12.1 Å². The van der Waals surface area contributed by atoms with E-state index in [4.69, 9.17) is 10.5 Å². The largest absolute Gasteiger partial charge is 0.495 e. The summed E-state index contributed by atoms with van der Waals surface area (Å²) in [5.41, 5.74) is 5.46. The molecule has 4 N–H and O–H groups in total. The number of hydrogen-bond donors (Lipinski definition) is 3. The maximum atomic E-state index is 13.8. The molecule has 0 aliphatic heterocycles. The van der Waals surface area contributed by atoms with Crippen LogP contribution in [0.25, 0.3) is 0 Å². The van der Waals surface area contributed by atoms with E-state index in [1.807, 2.05) is 0 Å². The van der Waals surface area contributed by atoms with Crippen molar-refractivity contribution in [3.63, 3.8) is 0 Å². The molecule has 4 nitrogen and oxygen atoms in total. The second-order valence-corrected chi connectivity index (χ2v) is 5.83. The van der Waals surface area contributed by atoms with E-state index in [0.29, 0.717) is 23.9 Å². The van der Waals surface area contributed by atoms with Gasteiger partial charge in [0.2, 0.25) is 0 Å². The molecule has 5 heteroatoms. The van der Waals surface area contributed by atoms with Crippen molar-refractivity contribution in [2.45, 2.75) is 38.2 Å². The number of rotatable bonds is 4. The molecule has 1 aromatic carbocycles. The summed E-state index contributed by atoms with van der Waals surface area (Å²) in [7, 11) is 1.49. The van der Waals surface area contributed by atoms with Crippen molar-refractivity contribution in [1.82, 2.24) is 0 Å². The molecule has 0 amide bonds. The van der Waals surface area contributed by atoms with Crippen LogP contribution < -0.4 is 15.8 Å². The van der Waals surface area contributed by atoms with E-state index in [9.17, 15) is 9.50 Å². The predicted octanol–water partition coefficient (Wildman–Crippen LogP) is 2.77. The van der Waals surface area contributed by atoms with Gasteiger partial charge in [0, 0.05) is 18.7 Å². The molecule has 1 aromatic rings. The van der Waals surface area contributed by atoms with Crippen LogP contribution in [0.1, 0.15) is 32.6 Å². The first-order valence-corrected chi connectivity index (χ1v) is 7.03. The number of nitrogens with one attached hydrogen (secondary N) is 1. The first-order chi connectivity index (χ1) is 9.43. The Morgan fingerprint density at radius 3 is 2.70 bits per heavy atom. The van der Waals surface area contributed by atoms with Crippen LogP contribution in [-0.4, -0.2) is 24.4 Å². The third kappa shape index (κ3) is 3.33. The van der Waals surface area contributed by atoms with Gasteiger partial charge in [0.05, 0.1) is 24.1 Å². The van der Waals surface area contributed by atoms with Crippen molar-refractivity contribution < 1.29 is 14.2 Å². The fourth-order valence-electron chi connectivity index (χ4n) is 2.62. The van der Waals surface area contributed by atoms with E-state index in [1.54, 1.807) is 0 Å². The number of anilines is 2. The number of halogens is 1. The van der Waals surface area contributed by atoms with Crippen molar-refractivity contribution in [3.05, 3.63) is 17.9 Å². The summed E-state index contributed by atoms with van der Waals surface area (Å²) < 4.78 is 18.9. The molecule has 112 valence electrons. The number of methoxy groups -OCH3 is 1. The zero-order valence-electron chi connectivity index (χ0n) is 12.1. The predicted molar refractivity (Wildman–Crippen MR) is 78.4 cm³/mol. The molecule has 0 spiro atoms. The van der Waals surface area contributed by atoms with Gasteiger partial charge in [-0.15, -0.1) is 0 Å². The molecule has 1 saturated carbocycles. The molecule has 1 aliphatic carbocycles. The van der Waals surface area contributed by atoms with E-state index in [1.165, 1.54) is 19.2 Å². The summed E-state index contributed by atoms with van der Waals surface area (Å²) in [5.74, 6) is 0.651. The normalized spacial score (nSPS) is 26.3. The smallest absolute Gasteiger partial charge is 0.148 e. The molecule has 0 unspecified atom stereocenters. The summed E-state index contributed by atoms with van der Waals surface area (Å²) in [6.07, 6.45) is 3.50. The number of benzene rings is 1. The maximum absolute atomic E-state index is 13.8. The van der Waals surface area contributed by atoms with Crippen molar-refractivity contribution in [2.24, 2.45) is 5.92 Å². The summed E-state index contributed by atoms with van der Waals surface area (Å²) in [4.78, 5) is 0. The van der Waals surface area contributed by atoms with E-state index >= 15 is 0 Å². The highest BCUT2D eigenvalue weighted by Crippen LogP contribution is 2.33. The van der Waals surface area contributed by atoms with Crippen molar-refractivity contribution in [1.29, 1.82) is 0 Å². The van der Waals surface area contributed by atoms with Crippen molar-refractivity contribution in [3.8, 4) is 5.75 Å². The summed E-state index contributed by atoms with van der Waals surface area (Å²) in [6, 6.07) is 2.76. The van der Waals surface area contributed by atoms with Gasteiger partial charge >= 0.3 is 0 Å². The van der Waals surface area contributed by atoms with Gasteiger partial charge < -0.3 is 20.9 Å². The van der Waals surface area contributed by atoms with E-state index in [0.717, 1.165) is 25.7 Å². The summed E-state index contributed by atoms with van der Waals surface area (Å²) in [5, 5.41) is 13.5. The van der Waals surface area contributed by atoms with E-state index in [2.05, 4.69) is 12.2 Å². The fraction of sp³-hybridized carbons (Fsp3) is 0.600. The van der Waals surface area contributed by atoms with Gasteiger partial charge in [-0.05, 0) is 31.6 Å². The second-order valence-electron chi connectivity index (χ2n) is 5.83. The van der Waals surface area contributed by atoms with Crippen LogP contribution in [0.2, 0.25) is 0 Å². The number of aliphatic hydroxyl groups is 1. The maximum Gasteiger partial charge on any atom is 0.148 e. The van der Waals surface area contributed by atoms with Crippen LogP contribution in [0.4, 0.5) is 15.8 Å². The molecule has 0 bridgehead atoms. The van der Waals surface area contributed by atoms with Crippen molar-refractivity contribution in [2.75, 3.05) is 24.7 Å². The van der Waals surface area contributed by atoms with Gasteiger partial charge in [-0.2, -0.15) is 0 Å². The van der Waals surface area contributed by atoms with Crippen molar-refractivity contribution >= 4 is 11.4 Å². The molecular weight excluding hydrogens is 259 g/mol. The molecule has 0 saturated heterocycles. The Morgan fingerprint density at radius 2 is 2.10 bits per heavy atom. The zero-order chi connectivity index (χ0) is 14.8. The topological polar surface area (TPSA) is 67.5 Å². The number of nitrogen functional groups attached to an aromatic ring is 1. The Hall–Kier alpha value is -1.49. The Kier molecular flexibility index (Phi) is 4.38. The number of ether oxygens (including phenoxy) is 1. The number of nitrogens with two attached hydrogens (primary N) is 1. The van der Waals surface area contributed by atoms with Gasteiger partial charge in [0.25, 0.3) is 0 Å². The van der Waals surface area contributed by atoms with E-state index in [-0.39, 0.29) is 5.69 Å². The molecule has 0 aromatic heterocycles. The molecule has 20 heavy (non-hydrogen) atoms. The highest BCUT2D eigenvalue weighted by atomic mass is 19.1. The zero-order valence-corrected chi connectivity index (χ0v) is 12.1. The lowest BCUT2D eigenvalue weighted by molar-refractivity contribution is 0.00496. The fourth-order valence-corrected chi connectivity index (χ4v) is 2.62. The lowest BCUT2D eigenvalue weighted by Gasteiger charge is -2.35. The first-order valence-electron chi connectivity index (χ1n) is 7.03. The Morgan fingerprint density at radius 1 is 1.45 bits per heavy atom. The lowest BCUT2D eigenvalue weighted by atomic mass is 9.79. The number of hydrogen-bond acceptors (Lipinski definition) is 4. The van der Waals surface area contributed by atoms with Crippen LogP contribution in [0, 0.1) is 11.7 Å². The summed E-state index contributed by atoms with van der Waals surface area (Å²) >= 11 is 0. The van der Waals surface area contributed by atoms with Crippen LogP contribution in [0.3, 0.4) is 0 Å². The van der Waals surface area contributed by atoms with E-state index < -0.39 is 11.4 Å². The minimum atomic E-state index is -0.756. The third-order valence-electron chi connectivity index (χ3n) is 4.13. The quantitative estimate of drug-likeness (QED) is 0.743. The third-order valence-corrected chi connectivity index (χ3v) is 4.13. The second kappa shape index (κ2) is 5.87. The standard InChI is InChI=1S/C15H23FN2O2/c1-10-3-5-15(19,6-4-10)9-18-13-8-14(20-2)12(17)7-11(13)16/h7-8,10,18-19H,3-6,9,17H2,1-2H3. The van der Waals surface area contributed by atoms with Crippen LogP contribution >= 0.6 is 0 Å². The first kappa shape index (κ1) is 14.9. The minimum Gasteiger partial charge on any atom is -0.495 e. The van der Waals surface area contributed by atoms with Gasteiger partial charge in [-0.25, -0.2) is 4.39 Å².